The normalized spacial score (nSPS) is 21.1. The first-order valence-corrected chi connectivity index (χ1v) is 7.15. The van der Waals surface area contributed by atoms with Crippen molar-refractivity contribution in [2.24, 2.45) is 0 Å². The Morgan fingerprint density at radius 2 is 2.36 bits per heavy atom. The van der Waals surface area contributed by atoms with Crippen molar-refractivity contribution in [2.75, 3.05) is 18.6 Å². The highest BCUT2D eigenvalue weighted by molar-refractivity contribution is 6.33. The van der Waals surface area contributed by atoms with E-state index in [1.807, 2.05) is 11.0 Å². The lowest BCUT2D eigenvalue weighted by molar-refractivity contribution is 0.117. The van der Waals surface area contributed by atoms with Gasteiger partial charge in [0.1, 0.15) is 17.9 Å². The van der Waals surface area contributed by atoms with Crippen molar-refractivity contribution in [1.29, 1.82) is 5.26 Å². The van der Waals surface area contributed by atoms with Crippen molar-refractivity contribution in [3.63, 3.8) is 0 Å². The molecule has 3 heterocycles. The van der Waals surface area contributed by atoms with Crippen molar-refractivity contribution in [1.82, 2.24) is 15.1 Å². The quantitative estimate of drug-likeness (QED) is 0.857. The molecule has 0 N–H and O–H groups in total. The lowest BCUT2D eigenvalue weighted by Crippen LogP contribution is -2.26. The van der Waals surface area contributed by atoms with Gasteiger partial charge in [0.25, 0.3) is 0 Å². The summed E-state index contributed by atoms with van der Waals surface area (Å²) in [6.45, 7) is 2.38. The molecule has 1 aliphatic rings. The van der Waals surface area contributed by atoms with Crippen LogP contribution in [-0.4, -0.2) is 34.9 Å². The van der Waals surface area contributed by atoms with Crippen molar-refractivity contribution in [2.45, 2.75) is 25.5 Å². The van der Waals surface area contributed by atoms with Gasteiger partial charge in [0.2, 0.25) is 5.89 Å². The number of halogens is 1. The molecule has 0 radical (unpaired) electrons. The molecular weight excluding hydrogens is 306 g/mol. The van der Waals surface area contributed by atoms with Gasteiger partial charge >= 0.3 is 0 Å². The number of aryl methyl sites for hydroxylation is 1. The van der Waals surface area contributed by atoms with Crippen LogP contribution in [-0.2, 0) is 4.74 Å². The predicted molar refractivity (Wildman–Crippen MR) is 78.5 cm³/mol. The van der Waals surface area contributed by atoms with Gasteiger partial charge < -0.3 is 14.2 Å². The highest BCUT2D eigenvalue weighted by Crippen LogP contribution is 2.38. The molecule has 1 fully saturated rings. The molecule has 8 heteroatoms. The Balaban J connectivity index is 1.97. The smallest absolute Gasteiger partial charge is 0.249 e. The molecule has 3 rings (SSSR count). The van der Waals surface area contributed by atoms with Crippen molar-refractivity contribution in [3.05, 3.63) is 34.6 Å². The van der Waals surface area contributed by atoms with E-state index in [4.69, 9.17) is 26.1 Å². The van der Waals surface area contributed by atoms with Crippen molar-refractivity contribution >= 4 is 17.4 Å². The molecule has 0 unspecified atom stereocenters. The molecule has 114 valence electrons. The van der Waals surface area contributed by atoms with Gasteiger partial charge in [-0.25, -0.2) is 4.98 Å². The van der Waals surface area contributed by atoms with Crippen LogP contribution >= 0.6 is 11.6 Å². The molecule has 0 aliphatic carbocycles. The molecule has 2 aromatic rings. The Labute approximate surface area is 132 Å². The van der Waals surface area contributed by atoms with Gasteiger partial charge in [-0.15, -0.1) is 0 Å². The molecule has 0 aromatic carbocycles. The second kappa shape index (κ2) is 5.91. The number of pyridine rings is 1. The molecule has 1 aliphatic heterocycles. The van der Waals surface area contributed by atoms with E-state index >= 15 is 0 Å². The van der Waals surface area contributed by atoms with Crippen LogP contribution in [0.5, 0.6) is 0 Å². The first-order valence-electron chi connectivity index (χ1n) is 6.77. The molecule has 0 spiro atoms. The maximum Gasteiger partial charge on any atom is 0.249 e. The zero-order valence-electron chi connectivity index (χ0n) is 12.2. The summed E-state index contributed by atoms with van der Waals surface area (Å²) in [5.74, 6) is 1.68. The Morgan fingerprint density at radius 1 is 1.55 bits per heavy atom. The third-order valence-electron chi connectivity index (χ3n) is 3.65. The van der Waals surface area contributed by atoms with Gasteiger partial charge in [0.05, 0.1) is 16.7 Å². The Morgan fingerprint density at radius 3 is 2.95 bits per heavy atom. The van der Waals surface area contributed by atoms with E-state index in [1.54, 1.807) is 20.1 Å². The van der Waals surface area contributed by atoms with Gasteiger partial charge in [0.15, 0.2) is 5.82 Å². The lowest BCUT2D eigenvalue weighted by Gasteiger charge is -2.23. The van der Waals surface area contributed by atoms with E-state index in [-0.39, 0.29) is 12.1 Å². The maximum absolute atomic E-state index is 8.92. The minimum Gasteiger partial charge on any atom is -0.380 e. The molecule has 2 atom stereocenters. The summed E-state index contributed by atoms with van der Waals surface area (Å²) in [5, 5.41) is 13.2. The third-order valence-corrected chi connectivity index (χ3v) is 3.93. The van der Waals surface area contributed by atoms with Crippen LogP contribution in [0.1, 0.15) is 29.7 Å². The summed E-state index contributed by atoms with van der Waals surface area (Å²) >= 11 is 6.27. The summed E-state index contributed by atoms with van der Waals surface area (Å²) in [4.78, 5) is 10.6. The van der Waals surface area contributed by atoms with Crippen LogP contribution in [0.15, 0.2) is 16.8 Å². The predicted octanol–water partition coefficient (Wildman–Crippen LogP) is 2.26. The van der Waals surface area contributed by atoms with Gasteiger partial charge in [-0.05, 0) is 13.0 Å². The molecule has 22 heavy (non-hydrogen) atoms. The number of hydrogen-bond acceptors (Lipinski definition) is 7. The lowest BCUT2D eigenvalue weighted by atomic mass is 10.2. The summed E-state index contributed by atoms with van der Waals surface area (Å²) in [6, 6.07) is 3.47. The number of methoxy groups -OCH3 is 1. The first kappa shape index (κ1) is 14.8. The standard InChI is InChI=1S/C14H14ClN5O2/c1-8-18-14(22-19-8)12-4-10(21-2)7-20(12)13-11(15)3-9(5-16)6-17-13/h3,6,10,12H,4,7H2,1-2H3/t10-,12-/m1/s1. The zero-order valence-corrected chi connectivity index (χ0v) is 12.9. The second-order valence-electron chi connectivity index (χ2n) is 5.08. The highest BCUT2D eigenvalue weighted by Gasteiger charge is 2.38. The molecule has 2 aromatic heterocycles. The minimum atomic E-state index is -0.149. The molecule has 0 amide bonds. The SMILES string of the molecule is CO[C@@H]1C[C@H](c2nc(C)no2)N(c2ncc(C#N)cc2Cl)C1. The van der Waals surface area contributed by atoms with E-state index in [9.17, 15) is 0 Å². The Kier molecular flexibility index (Phi) is 3.96. The third kappa shape index (κ3) is 2.63. The molecular formula is C14H14ClN5O2. The van der Waals surface area contributed by atoms with Crippen molar-refractivity contribution in [3.8, 4) is 6.07 Å². The average molecular weight is 320 g/mol. The number of nitrogens with zero attached hydrogens (tertiary/aromatic N) is 5. The Bertz CT molecular complexity index is 726. The van der Waals surface area contributed by atoms with Crippen molar-refractivity contribution < 1.29 is 9.26 Å². The maximum atomic E-state index is 8.92. The number of aromatic nitrogens is 3. The highest BCUT2D eigenvalue weighted by atomic mass is 35.5. The van der Waals surface area contributed by atoms with Gasteiger partial charge in [0, 0.05) is 26.3 Å². The van der Waals surface area contributed by atoms with E-state index in [1.165, 1.54) is 6.20 Å². The minimum absolute atomic E-state index is 0.0192. The fraction of sp³-hybridized carbons (Fsp3) is 0.429. The molecule has 0 saturated carbocycles. The van der Waals surface area contributed by atoms with E-state index in [0.29, 0.717) is 41.1 Å². The fourth-order valence-electron chi connectivity index (χ4n) is 2.59. The zero-order chi connectivity index (χ0) is 15.7. The second-order valence-corrected chi connectivity index (χ2v) is 5.49. The Hall–Kier alpha value is -2.17. The van der Waals surface area contributed by atoms with Crippen LogP contribution < -0.4 is 4.90 Å². The van der Waals surface area contributed by atoms with Crippen LogP contribution in [0.4, 0.5) is 5.82 Å². The van der Waals surface area contributed by atoms with Crippen LogP contribution in [0.3, 0.4) is 0 Å². The largest absolute Gasteiger partial charge is 0.380 e. The topological polar surface area (TPSA) is 88.1 Å². The first-order chi connectivity index (χ1) is 10.6. The van der Waals surface area contributed by atoms with Crippen LogP contribution in [0, 0.1) is 18.3 Å². The number of hydrogen-bond donors (Lipinski definition) is 0. The summed E-state index contributed by atoms with van der Waals surface area (Å²) < 4.78 is 10.7. The fourth-order valence-corrected chi connectivity index (χ4v) is 2.86. The number of nitriles is 1. The van der Waals surface area contributed by atoms with Gasteiger partial charge in [-0.1, -0.05) is 16.8 Å². The number of rotatable bonds is 3. The van der Waals surface area contributed by atoms with E-state index in [0.717, 1.165) is 0 Å². The number of ether oxygens (including phenoxy) is 1. The van der Waals surface area contributed by atoms with E-state index < -0.39 is 0 Å². The number of anilines is 1. The van der Waals surface area contributed by atoms with Crippen LogP contribution in [0.2, 0.25) is 5.02 Å². The monoisotopic (exact) mass is 319 g/mol. The summed E-state index contributed by atoms with van der Waals surface area (Å²) in [5.41, 5.74) is 0.418. The molecule has 0 bridgehead atoms. The summed E-state index contributed by atoms with van der Waals surface area (Å²) in [6.07, 6.45) is 2.22. The average Bonchev–Trinajstić information content (AvgIpc) is 3.13. The van der Waals surface area contributed by atoms with E-state index in [2.05, 4.69) is 15.1 Å². The van der Waals surface area contributed by atoms with Gasteiger partial charge in [-0.2, -0.15) is 10.2 Å². The van der Waals surface area contributed by atoms with Gasteiger partial charge in [-0.3, -0.25) is 0 Å². The van der Waals surface area contributed by atoms with Crippen LogP contribution in [0.25, 0.3) is 0 Å². The summed E-state index contributed by atoms with van der Waals surface area (Å²) in [7, 11) is 1.66. The molecule has 7 nitrogen and oxygen atoms in total. The molecule has 1 saturated heterocycles.